The summed E-state index contributed by atoms with van der Waals surface area (Å²) in [6, 6.07) is 7.26. The lowest BCUT2D eigenvalue weighted by atomic mass is 10.3. The van der Waals surface area contributed by atoms with E-state index in [1.54, 1.807) is 6.07 Å². The van der Waals surface area contributed by atoms with Crippen LogP contribution in [0, 0.1) is 10.1 Å². The molecular formula is C17H10BrF2N5O5S. The number of ether oxygens (including phenoxy) is 1. The van der Waals surface area contributed by atoms with Crippen molar-refractivity contribution >= 4 is 54.3 Å². The minimum atomic E-state index is -2.94. The number of carbonyl (C=O) groups excluding carboxylic acids is 1. The van der Waals surface area contributed by atoms with Gasteiger partial charge in [-0.1, -0.05) is 11.3 Å². The normalized spacial score (nSPS) is 11.2. The highest BCUT2D eigenvalue weighted by Gasteiger charge is 2.20. The average Bonchev–Trinajstić information content (AvgIpc) is 3.39. The number of amides is 1. The largest absolute Gasteiger partial charge is 0.454 e. The maximum absolute atomic E-state index is 12.4. The van der Waals surface area contributed by atoms with Gasteiger partial charge in [0.1, 0.15) is 22.5 Å². The number of anilines is 1. The summed E-state index contributed by atoms with van der Waals surface area (Å²) in [6.07, 6.45) is 1.42. The number of benzene rings is 1. The first-order valence-corrected chi connectivity index (χ1v) is 10.0. The Morgan fingerprint density at radius 1 is 1.39 bits per heavy atom. The van der Waals surface area contributed by atoms with E-state index in [0.717, 1.165) is 11.3 Å². The maximum Gasteiger partial charge on any atom is 0.404 e. The molecule has 4 rings (SSSR count). The summed E-state index contributed by atoms with van der Waals surface area (Å²) in [4.78, 5) is 26.9. The smallest absolute Gasteiger partial charge is 0.404 e. The summed E-state index contributed by atoms with van der Waals surface area (Å²) in [5, 5.41) is 17.5. The van der Waals surface area contributed by atoms with E-state index in [-0.39, 0.29) is 33.5 Å². The Labute approximate surface area is 183 Å². The number of thiazole rings is 1. The van der Waals surface area contributed by atoms with E-state index in [4.69, 9.17) is 4.42 Å². The lowest BCUT2D eigenvalue weighted by Crippen LogP contribution is -2.10. The van der Waals surface area contributed by atoms with Crippen molar-refractivity contribution in [3.05, 3.63) is 62.6 Å². The summed E-state index contributed by atoms with van der Waals surface area (Å²) in [6.45, 7) is -2.86. The number of halogens is 3. The summed E-state index contributed by atoms with van der Waals surface area (Å²) in [5.74, 6) is -0.556. The third-order valence-corrected chi connectivity index (χ3v) is 5.37. The van der Waals surface area contributed by atoms with Crippen molar-refractivity contribution in [2.45, 2.75) is 13.2 Å². The molecule has 0 saturated carbocycles. The third kappa shape index (κ3) is 4.69. The summed E-state index contributed by atoms with van der Waals surface area (Å²) in [7, 11) is 0. The monoisotopic (exact) mass is 513 g/mol. The van der Waals surface area contributed by atoms with Crippen LogP contribution in [0.4, 0.5) is 19.7 Å². The molecule has 3 heterocycles. The number of nitrogens with zero attached hydrogens (tertiary/aromatic N) is 4. The maximum atomic E-state index is 12.4. The van der Waals surface area contributed by atoms with Crippen LogP contribution >= 0.6 is 27.3 Å². The van der Waals surface area contributed by atoms with Gasteiger partial charge in [-0.2, -0.15) is 13.5 Å². The first-order chi connectivity index (χ1) is 14.8. The number of furan rings is 1. The average molecular weight is 514 g/mol. The van der Waals surface area contributed by atoms with Gasteiger partial charge in [0.05, 0.1) is 21.5 Å². The predicted octanol–water partition coefficient (Wildman–Crippen LogP) is 4.66. The minimum Gasteiger partial charge on any atom is -0.454 e. The second-order valence-corrected chi connectivity index (χ2v) is 7.89. The van der Waals surface area contributed by atoms with Crippen LogP contribution in [0.2, 0.25) is 0 Å². The van der Waals surface area contributed by atoms with Gasteiger partial charge in [-0.15, -0.1) is 0 Å². The van der Waals surface area contributed by atoms with Gasteiger partial charge in [0.15, 0.2) is 10.9 Å². The third-order valence-electron chi connectivity index (χ3n) is 3.88. The molecule has 1 N–H and O–H groups in total. The number of alkyl halides is 2. The van der Waals surface area contributed by atoms with Gasteiger partial charge in [0.2, 0.25) is 0 Å². The molecule has 4 aromatic rings. The number of carbonyl (C=O) groups is 1. The Morgan fingerprint density at radius 2 is 2.19 bits per heavy atom. The van der Waals surface area contributed by atoms with E-state index in [1.165, 1.54) is 35.1 Å². The van der Waals surface area contributed by atoms with E-state index in [0.29, 0.717) is 16.0 Å². The minimum absolute atomic E-state index is 0.00306. The van der Waals surface area contributed by atoms with E-state index in [9.17, 15) is 23.7 Å². The second kappa shape index (κ2) is 8.39. The van der Waals surface area contributed by atoms with Crippen molar-refractivity contribution in [2.24, 2.45) is 0 Å². The lowest BCUT2D eigenvalue weighted by Gasteiger charge is -2.02. The molecule has 0 aliphatic carbocycles. The molecule has 0 bridgehead atoms. The molecule has 0 aliphatic heterocycles. The topological polar surface area (TPSA) is 125 Å². The predicted molar refractivity (Wildman–Crippen MR) is 109 cm³/mol. The van der Waals surface area contributed by atoms with Crippen molar-refractivity contribution in [3.63, 3.8) is 0 Å². The number of fused-ring (bicyclic) bond motifs is 1. The fraction of sp³-hybridized carbons (Fsp3) is 0.118. The van der Waals surface area contributed by atoms with Crippen molar-refractivity contribution in [1.29, 1.82) is 0 Å². The Kier molecular flexibility index (Phi) is 5.65. The number of hydrogen-bond acceptors (Lipinski definition) is 8. The molecule has 1 amide bonds. The van der Waals surface area contributed by atoms with Gasteiger partial charge in [0.25, 0.3) is 5.91 Å². The molecule has 0 aliphatic rings. The zero-order valence-corrected chi connectivity index (χ0v) is 17.5. The molecule has 1 aromatic carbocycles. The van der Waals surface area contributed by atoms with Crippen LogP contribution in [0.3, 0.4) is 0 Å². The van der Waals surface area contributed by atoms with Crippen LogP contribution in [-0.4, -0.2) is 32.2 Å². The van der Waals surface area contributed by atoms with Gasteiger partial charge in [-0.25, -0.2) is 4.98 Å². The van der Waals surface area contributed by atoms with Crippen LogP contribution < -0.4 is 10.1 Å². The lowest BCUT2D eigenvalue weighted by molar-refractivity contribution is -0.390. The molecule has 0 saturated heterocycles. The van der Waals surface area contributed by atoms with Crippen molar-refractivity contribution in [1.82, 2.24) is 14.8 Å². The molecule has 0 spiro atoms. The zero-order chi connectivity index (χ0) is 22.1. The van der Waals surface area contributed by atoms with Gasteiger partial charge < -0.3 is 19.3 Å². The number of aromatic nitrogens is 3. The number of hydrogen-bond donors (Lipinski definition) is 1. The molecule has 14 heteroatoms. The molecular weight excluding hydrogens is 504 g/mol. The number of rotatable bonds is 7. The van der Waals surface area contributed by atoms with Crippen LogP contribution in [0.5, 0.6) is 5.75 Å². The number of nitrogens with one attached hydrogen (secondary N) is 1. The standard InChI is InChI=1S/C17H10BrF2N5O5S/c18-10-7-24(23-14(10)25(27)28)6-9-2-4-12(29-9)15(26)22-17-21-11-3-1-8(30-16(19)20)5-13(11)31-17/h1-5,7,16H,6H2,(H,21,22,26). The number of nitro groups is 1. The second-order valence-electron chi connectivity index (χ2n) is 6.00. The molecule has 0 radical (unpaired) electrons. The fourth-order valence-corrected chi connectivity index (χ4v) is 3.98. The molecule has 31 heavy (non-hydrogen) atoms. The first-order valence-electron chi connectivity index (χ1n) is 8.41. The van der Waals surface area contributed by atoms with E-state index < -0.39 is 17.4 Å². The highest BCUT2D eigenvalue weighted by atomic mass is 79.9. The Morgan fingerprint density at radius 3 is 2.90 bits per heavy atom. The van der Waals surface area contributed by atoms with Crippen molar-refractivity contribution in [2.75, 3.05) is 5.32 Å². The van der Waals surface area contributed by atoms with Crippen LogP contribution in [0.1, 0.15) is 16.3 Å². The Hall–Kier alpha value is -3.39. The Balaban J connectivity index is 1.45. The summed E-state index contributed by atoms with van der Waals surface area (Å²) < 4.78 is 36.6. The fourth-order valence-electron chi connectivity index (χ4n) is 2.63. The SMILES string of the molecule is O=C(Nc1nc2ccc(OC(F)F)cc2s1)c1ccc(Cn2cc(Br)c([N+](=O)[O-])n2)o1. The first kappa shape index (κ1) is 20.9. The van der Waals surface area contributed by atoms with Gasteiger partial charge >= 0.3 is 12.4 Å². The molecule has 0 fully saturated rings. The van der Waals surface area contributed by atoms with Crippen LogP contribution in [-0.2, 0) is 6.54 Å². The highest BCUT2D eigenvalue weighted by Crippen LogP contribution is 2.30. The van der Waals surface area contributed by atoms with E-state index in [1.807, 2.05) is 0 Å². The summed E-state index contributed by atoms with van der Waals surface area (Å²) >= 11 is 4.14. The molecule has 3 aromatic heterocycles. The van der Waals surface area contributed by atoms with Gasteiger partial charge in [-0.3, -0.25) is 10.1 Å². The zero-order valence-electron chi connectivity index (χ0n) is 15.1. The molecule has 10 nitrogen and oxygen atoms in total. The van der Waals surface area contributed by atoms with Crippen molar-refractivity contribution < 1.29 is 27.7 Å². The van der Waals surface area contributed by atoms with Gasteiger partial charge in [-0.05, 0) is 51.2 Å². The summed E-state index contributed by atoms with van der Waals surface area (Å²) in [5.41, 5.74) is 0.507. The van der Waals surface area contributed by atoms with Crippen LogP contribution in [0.15, 0.2) is 45.4 Å². The molecule has 0 unspecified atom stereocenters. The Bertz CT molecular complexity index is 1290. The van der Waals surface area contributed by atoms with Gasteiger partial charge in [0, 0.05) is 0 Å². The molecule has 160 valence electrons. The highest BCUT2D eigenvalue weighted by molar-refractivity contribution is 9.10. The van der Waals surface area contributed by atoms with E-state index >= 15 is 0 Å². The van der Waals surface area contributed by atoms with Crippen LogP contribution in [0.25, 0.3) is 10.2 Å². The van der Waals surface area contributed by atoms with E-state index in [2.05, 4.69) is 36.1 Å². The van der Waals surface area contributed by atoms with Crippen molar-refractivity contribution in [3.8, 4) is 5.75 Å². The quantitative estimate of drug-likeness (QED) is 0.281. The molecule has 0 atom stereocenters.